The summed E-state index contributed by atoms with van der Waals surface area (Å²) >= 11 is 0. The van der Waals surface area contributed by atoms with Crippen molar-refractivity contribution in [2.75, 3.05) is 6.54 Å². The highest BCUT2D eigenvalue weighted by Crippen LogP contribution is 2.36. The summed E-state index contributed by atoms with van der Waals surface area (Å²) in [4.78, 5) is 31.0. The molecule has 0 bridgehead atoms. The van der Waals surface area contributed by atoms with Crippen molar-refractivity contribution in [3.63, 3.8) is 0 Å². The highest BCUT2D eigenvalue weighted by Gasteiger charge is 2.42. The van der Waals surface area contributed by atoms with E-state index in [-0.39, 0.29) is 0 Å². The second-order valence-corrected chi connectivity index (χ2v) is 8.20. The first-order valence-electron chi connectivity index (χ1n) is 9.26. The molecule has 1 aliphatic rings. The minimum Gasteiger partial charge on any atom is -0.481 e. The Kier molecular flexibility index (Phi) is 4.88. The Hall–Kier alpha value is -2.57. The van der Waals surface area contributed by atoms with Crippen LogP contribution in [-0.2, 0) is 9.53 Å². The molecule has 1 aliphatic heterocycles. The van der Waals surface area contributed by atoms with Crippen molar-refractivity contribution in [2.45, 2.75) is 59.2 Å². The van der Waals surface area contributed by atoms with Gasteiger partial charge in [-0.25, -0.2) is 9.78 Å². The molecule has 0 spiro atoms. The molecule has 0 saturated carbocycles. The van der Waals surface area contributed by atoms with Gasteiger partial charge < -0.3 is 14.4 Å². The van der Waals surface area contributed by atoms with Crippen molar-refractivity contribution < 1.29 is 19.4 Å². The molecule has 1 aromatic carbocycles. The van der Waals surface area contributed by atoms with Crippen LogP contribution < -0.4 is 0 Å². The molecule has 27 heavy (non-hydrogen) atoms. The smallest absolute Gasteiger partial charge is 0.411 e. The molecule has 1 amide bonds. The van der Waals surface area contributed by atoms with E-state index in [0.717, 1.165) is 16.6 Å². The normalized spacial score (nSPS) is 20.7. The average Bonchev–Trinajstić information content (AvgIpc) is 2.86. The van der Waals surface area contributed by atoms with Gasteiger partial charge in [-0.3, -0.25) is 9.69 Å². The number of likely N-dealkylation sites (tertiary alicyclic amines) is 1. The van der Waals surface area contributed by atoms with E-state index in [2.05, 4.69) is 4.98 Å². The van der Waals surface area contributed by atoms with Gasteiger partial charge in [0, 0.05) is 6.54 Å². The first-order chi connectivity index (χ1) is 12.6. The number of nitrogens with zero attached hydrogens (tertiary/aromatic N) is 3. The number of benzene rings is 1. The third kappa shape index (κ3) is 3.77. The molecule has 2 unspecified atom stereocenters. The Bertz CT molecular complexity index is 881. The van der Waals surface area contributed by atoms with E-state index in [9.17, 15) is 14.7 Å². The van der Waals surface area contributed by atoms with Crippen molar-refractivity contribution in [1.82, 2.24) is 14.5 Å². The quantitative estimate of drug-likeness (QED) is 0.863. The van der Waals surface area contributed by atoms with E-state index in [0.29, 0.717) is 25.2 Å². The van der Waals surface area contributed by atoms with Crippen molar-refractivity contribution in [2.24, 2.45) is 5.92 Å². The predicted molar refractivity (Wildman–Crippen MR) is 102 cm³/mol. The number of carboxylic acid groups (broad SMARTS) is 1. The van der Waals surface area contributed by atoms with Crippen molar-refractivity contribution in [3.8, 4) is 0 Å². The zero-order chi connectivity index (χ0) is 19.9. The lowest BCUT2D eigenvalue weighted by Gasteiger charge is -2.41. The van der Waals surface area contributed by atoms with Crippen molar-refractivity contribution in [3.05, 3.63) is 29.6 Å². The number of piperidine rings is 1. The van der Waals surface area contributed by atoms with Gasteiger partial charge in [0.25, 0.3) is 0 Å². The first kappa shape index (κ1) is 19.2. The van der Waals surface area contributed by atoms with E-state index in [1.54, 1.807) is 25.7 Å². The number of carbonyl (C=O) groups is 2. The molecule has 7 nitrogen and oxygen atoms in total. The molecule has 1 saturated heterocycles. The molecule has 2 heterocycles. The summed E-state index contributed by atoms with van der Waals surface area (Å²) in [5.41, 5.74) is 2.05. The lowest BCUT2D eigenvalue weighted by molar-refractivity contribution is -0.147. The maximum atomic E-state index is 12.9. The number of amides is 1. The number of hydrogen-bond donors (Lipinski definition) is 1. The molecule has 1 aromatic heterocycles. The SMILES string of the molecule is Cc1ccc2c(c1)nc(C)n2C1C(C(=O)O)CCCN1C(=O)OC(C)(C)C. The van der Waals surface area contributed by atoms with Gasteiger partial charge >= 0.3 is 12.1 Å². The highest BCUT2D eigenvalue weighted by atomic mass is 16.6. The summed E-state index contributed by atoms with van der Waals surface area (Å²) < 4.78 is 7.44. The molecule has 2 aromatic rings. The van der Waals surface area contributed by atoms with E-state index >= 15 is 0 Å². The summed E-state index contributed by atoms with van der Waals surface area (Å²) in [6.45, 7) is 9.70. The lowest BCUT2D eigenvalue weighted by Crippen LogP contribution is -2.49. The second kappa shape index (κ2) is 6.87. The van der Waals surface area contributed by atoms with Gasteiger partial charge in [0.05, 0.1) is 17.0 Å². The molecule has 1 N–H and O–H groups in total. The molecule has 7 heteroatoms. The van der Waals surface area contributed by atoms with Crippen molar-refractivity contribution >= 4 is 23.1 Å². The number of carboxylic acids is 1. The van der Waals surface area contributed by atoms with Gasteiger partial charge in [-0.1, -0.05) is 6.07 Å². The number of fused-ring (bicyclic) bond motifs is 1. The van der Waals surface area contributed by atoms with Crippen LogP contribution >= 0.6 is 0 Å². The number of hydrogen-bond acceptors (Lipinski definition) is 4. The minimum atomic E-state index is -0.915. The summed E-state index contributed by atoms with van der Waals surface area (Å²) in [6, 6.07) is 5.87. The Balaban J connectivity index is 2.12. The molecule has 0 aliphatic carbocycles. The van der Waals surface area contributed by atoms with Gasteiger partial charge in [0.15, 0.2) is 0 Å². The number of carbonyl (C=O) groups excluding carboxylic acids is 1. The largest absolute Gasteiger partial charge is 0.481 e. The molecule has 3 rings (SSSR count). The van der Waals surface area contributed by atoms with Crippen LogP contribution in [0.25, 0.3) is 11.0 Å². The lowest BCUT2D eigenvalue weighted by atomic mass is 9.94. The zero-order valence-corrected chi connectivity index (χ0v) is 16.5. The van der Waals surface area contributed by atoms with Crippen LogP contribution in [0.5, 0.6) is 0 Å². The van der Waals surface area contributed by atoms with Crippen LogP contribution in [0.2, 0.25) is 0 Å². The predicted octanol–water partition coefficient (Wildman–Crippen LogP) is 3.88. The number of aryl methyl sites for hydroxylation is 2. The summed E-state index contributed by atoms with van der Waals surface area (Å²) in [7, 11) is 0. The van der Waals surface area contributed by atoms with E-state index in [1.807, 2.05) is 36.6 Å². The number of rotatable bonds is 2. The minimum absolute atomic E-state index is 0.453. The van der Waals surface area contributed by atoms with Gasteiger partial charge in [-0.15, -0.1) is 0 Å². The molecular formula is C20H27N3O4. The topological polar surface area (TPSA) is 84.7 Å². The van der Waals surface area contributed by atoms with E-state index in [1.165, 1.54) is 0 Å². The Morgan fingerprint density at radius 3 is 2.59 bits per heavy atom. The van der Waals surface area contributed by atoms with Crippen LogP contribution in [-0.4, -0.2) is 43.8 Å². The molecule has 2 atom stereocenters. The van der Waals surface area contributed by atoms with Crippen LogP contribution in [0.15, 0.2) is 18.2 Å². The maximum absolute atomic E-state index is 12.9. The Morgan fingerprint density at radius 2 is 1.96 bits per heavy atom. The van der Waals surface area contributed by atoms with Crippen molar-refractivity contribution in [1.29, 1.82) is 0 Å². The summed E-state index contributed by atoms with van der Waals surface area (Å²) in [5, 5.41) is 9.83. The standard InChI is InChI=1S/C20H27N3O4/c1-12-8-9-16-15(11-12)21-13(2)23(16)17-14(18(24)25)7-6-10-22(17)19(26)27-20(3,4)5/h8-9,11,14,17H,6-7,10H2,1-5H3,(H,24,25). The fourth-order valence-corrected chi connectivity index (χ4v) is 3.73. The number of aliphatic carboxylic acids is 1. The molecule has 1 fully saturated rings. The monoisotopic (exact) mass is 373 g/mol. The van der Waals surface area contributed by atoms with Crippen LogP contribution in [0.3, 0.4) is 0 Å². The van der Waals surface area contributed by atoms with Crippen LogP contribution in [0.4, 0.5) is 4.79 Å². The van der Waals surface area contributed by atoms with Crippen LogP contribution in [0, 0.1) is 19.8 Å². The third-order valence-electron chi connectivity index (χ3n) is 4.82. The van der Waals surface area contributed by atoms with Gasteiger partial charge in [0.1, 0.15) is 17.6 Å². The van der Waals surface area contributed by atoms with Gasteiger partial charge in [0.2, 0.25) is 0 Å². The van der Waals surface area contributed by atoms with Gasteiger partial charge in [-0.05, 0) is 65.2 Å². The summed E-state index contributed by atoms with van der Waals surface area (Å²) in [5.74, 6) is -0.951. The van der Waals surface area contributed by atoms with E-state index < -0.39 is 29.7 Å². The van der Waals surface area contributed by atoms with E-state index in [4.69, 9.17) is 4.74 Å². The zero-order valence-electron chi connectivity index (χ0n) is 16.5. The first-order valence-corrected chi connectivity index (χ1v) is 9.26. The van der Waals surface area contributed by atoms with Crippen LogP contribution in [0.1, 0.15) is 51.2 Å². The molecular weight excluding hydrogens is 346 g/mol. The Labute approximate surface area is 158 Å². The fraction of sp³-hybridized carbons (Fsp3) is 0.550. The third-order valence-corrected chi connectivity index (χ3v) is 4.82. The number of aromatic nitrogens is 2. The average molecular weight is 373 g/mol. The highest BCUT2D eigenvalue weighted by molar-refractivity contribution is 5.79. The van der Waals surface area contributed by atoms with Gasteiger partial charge in [-0.2, -0.15) is 0 Å². The fourth-order valence-electron chi connectivity index (χ4n) is 3.73. The number of ether oxygens (including phenoxy) is 1. The molecule has 0 radical (unpaired) electrons. The Morgan fingerprint density at radius 1 is 1.26 bits per heavy atom. The second-order valence-electron chi connectivity index (χ2n) is 8.20. The molecule has 146 valence electrons. The number of imidazole rings is 1. The summed E-state index contributed by atoms with van der Waals surface area (Å²) in [6.07, 6.45) is -0.0347. The maximum Gasteiger partial charge on any atom is 0.411 e.